The van der Waals surface area contributed by atoms with Crippen LogP contribution in [-0.2, 0) is 6.42 Å². The number of aryl methyl sites for hydroxylation is 1. The number of nitrogens with zero attached hydrogens (tertiary/aromatic N) is 1. The first-order valence-electron chi connectivity index (χ1n) is 6.95. The first kappa shape index (κ1) is 14.3. The Morgan fingerprint density at radius 2 is 2.00 bits per heavy atom. The Balaban J connectivity index is 1.66. The molecule has 0 radical (unpaired) electrons. The Morgan fingerprint density at radius 1 is 1.20 bits per heavy atom. The number of H-pyrrole nitrogens is 1. The lowest BCUT2D eigenvalue weighted by atomic mass is 10.0. The molecule has 2 rings (SSSR count). The van der Waals surface area contributed by atoms with Gasteiger partial charge in [0.25, 0.3) is 0 Å². The van der Waals surface area contributed by atoms with Crippen LogP contribution in [0, 0.1) is 0 Å². The number of methoxy groups -OCH3 is 1. The molecule has 1 aromatic carbocycles. The summed E-state index contributed by atoms with van der Waals surface area (Å²) < 4.78 is 5.08. The van der Waals surface area contributed by atoms with Gasteiger partial charge < -0.3 is 9.72 Å². The minimum absolute atomic E-state index is 0.200. The molecule has 20 heavy (non-hydrogen) atoms. The molecular formula is C16H20N2O2. The largest absolute Gasteiger partial charge is 0.497 e. The number of aromatic amines is 1. The highest BCUT2D eigenvalue weighted by atomic mass is 16.5. The van der Waals surface area contributed by atoms with Gasteiger partial charge in [-0.05, 0) is 37.1 Å². The molecule has 0 aliphatic rings. The van der Waals surface area contributed by atoms with Crippen molar-refractivity contribution in [2.24, 2.45) is 0 Å². The molecule has 0 unspecified atom stereocenters. The Kier molecular flexibility index (Phi) is 5.35. The molecule has 0 fully saturated rings. The molecule has 0 amide bonds. The molecule has 106 valence electrons. The van der Waals surface area contributed by atoms with Crippen molar-refractivity contribution in [2.45, 2.75) is 32.1 Å². The summed E-state index contributed by atoms with van der Waals surface area (Å²) in [6, 6.07) is 7.29. The predicted octanol–water partition coefficient (Wildman–Crippen LogP) is 3.40. The maximum absolute atomic E-state index is 12.0. The summed E-state index contributed by atoms with van der Waals surface area (Å²) in [4.78, 5) is 19.2. The average Bonchev–Trinajstić information content (AvgIpc) is 3.00. The van der Waals surface area contributed by atoms with E-state index in [0.717, 1.165) is 42.8 Å². The number of benzene rings is 1. The molecule has 0 spiro atoms. The van der Waals surface area contributed by atoms with Crippen molar-refractivity contribution in [3.05, 3.63) is 48.0 Å². The van der Waals surface area contributed by atoms with E-state index >= 15 is 0 Å². The summed E-state index contributed by atoms with van der Waals surface area (Å²) in [5.41, 5.74) is 0.761. The van der Waals surface area contributed by atoms with Crippen LogP contribution in [-0.4, -0.2) is 22.9 Å². The summed E-state index contributed by atoms with van der Waals surface area (Å²) >= 11 is 0. The van der Waals surface area contributed by atoms with E-state index in [-0.39, 0.29) is 5.78 Å². The molecule has 0 aliphatic carbocycles. The average molecular weight is 272 g/mol. The van der Waals surface area contributed by atoms with Crippen LogP contribution >= 0.6 is 0 Å². The lowest BCUT2D eigenvalue weighted by Crippen LogP contribution is -1.99. The van der Waals surface area contributed by atoms with Crippen molar-refractivity contribution in [2.75, 3.05) is 7.11 Å². The first-order chi connectivity index (χ1) is 9.79. The van der Waals surface area contributed by atoms with E-state index in [4.69, 9.17) is 4.74 Å². The normalized spacial score (nSPS) is 10.4. The van der Waals surface area contributed by atoms with Gasteiger partial charge in [0.05, 0.1) is 7.11 Å². The SMILES string of the molecule is COc1ccc(C(=O)CCCCCc2ncc[nH]2)cc1. The van der Waals surface area contributed by atoms with Crippen molar-refractivity contribution < 1.29 is 9.53 Å². The van der Waals surface area contributed by atoms with Crippen molar-refractivity contribution >= 4 is 5.78 Å². The Bertz CT molecular complexity index is 518. The third-order valence-corrected chi connectivity index (χ3v) is 3.28. The van der Waals surface area contributed by atoms with Crippen LogP contribution in [0.3, 0.4) is 0 Å². The number of ether oxygens (including phenoxy) is 1. The third-order valence-electron chi connectivity index (χ3n) is 3.28. The number of hydrogen-bond acceptors (Lipinski definition) is 3. The second kappa shape index (κ2) is 7.48. The quantitative estimate of drug-likeness (QED) is 0.592. The molecule has 2 aromatic rings. The monoisotopic (exact) mass is 272 g/mol. The molecule has 1 heterocycles. The van der Waals surface area contributed by atoms with Crippen molar-refractivity contribution in [3.8, 4) is 5.75 Å². The summed E-state index contributed by atoms with van der Waals surface area (Å²) in [6.45, 7) is 0. The number of imidazole rings is 1. The lowest BCUT2D eigenvalue weighted by Gasteiger charge is -2.03. The second-order valence-electron chi connectivity index (χ2n) is 4.75. The molecule has 0 saturated heterocycles. The van der Waals surface area contributed by atoms with Gasteiger partial charge in [-0.15, -0.1) is 0 Å². The van der Waals surface area contributed by atoms with Gasteiger partial charge >= 0.3 is 0 Å². The highest BCUT2D eigenvalue weighted by Gasteiger charge is 2.05. The van der Waals surface area contributed by atoms with Crippen LogP contribution in [0.25, 0.3) is 0 Å². The van der Waals surface area contributed by atoms with Gasteiger partial charge in [-0.3, -0.25) is 4.79 Å². The number of ketones is 1. The minimum Gasteiger partial charge on any atom is -0.497 e. The van der Waals surface area contributed by atoms with Crippen molar-refractivity contribution in [1.29, 1.82) is 0 Å². The summed E-state index contributed by atoms with van der Waals surface area (Å²) in [7, 11) is 1.62. The Morgan fingerprint density at radius 3 is 2.65 bits per heavy atom. The molecule has 0 saturated carbocycles. The zero-order valence-electron chi connectivity index (χ0n) is 11.8. The van der Waals surface area contributed by atoms with E-state index in [9.17, 15) is 4.79 Å². The third kappa shape index (κ3) is 4.23. The Labute approximate surface area is 119 Å². The number of hydrogen-bond donors (Lipinski definition) is 1. The van der Waals surface area contributed by atoms with E-state index in [1.807, 2.05) is 30.5 Å². The second-order valence-corrected chi connectivity index (χ2v) is 4.75. The number of Topliss-reactive ketones (excluding diaryl/α,β-unsaturated/α-hetero) is 1. The van der Waals surface area contributed by atoms with Gasteiger partial charge in [0.1, 0.15) is 11.6 Å². The lowest BCUT2D eigenvalue weighted by molar-refractivity contribution is 0.0979. The van der Waals surface area contributed by atoms with Crippen molar-refractivity contribution in [3.63, 3.8) is 0 Å². The van der Waals surface area contributed by atoms with Crippen LogP contribution in [0.15, 0.2) is 36.7 Å². The fraction of sp³-hybridized carbons (Fsp3) is 0.375. The van der Waals surface area contributed by atoms with E-state index in [0.29, 0.717) is 6.42 Å². The van der Waals surface area contributed by atoms with Crippen LogP contribution in [0.5, 0.6) is 5.75 Å². The minimum atomic E-state index is 0.200. The van der Waals surface area contributed by atoms with Gasteiger partial charge in [-0.2, -0.15) is 0 Å². The highest BCUT2D eigenvalue weighted by molar-refractivity contribution is 5.96. The van der Waals surface area contributed by atoms with Gasteiger partial charge in [0.2, 0.25) is 0 Å². The molecular weight excluding hydrogens is 252 g/mol. The van der Waals surface area contributed by atoms with E-state index in [1.54, 1.807) is 13.3 Å². The van der Waals surface area contributed by atoms with Gasteiger partial charge in [-0.1, -0.05) is 6.42 Å². The molecule has 0 bridgehead atoms. The predicted molar refractivity (Wildman–Crippen MR) is 78.1 cm³/mol. The van der Waals surface area contributed by atoms with Gasteiger partial charge in [0, 0.05) is 30.8 Å². The number of carbonyl (C=O) groups excluding carboxylic acids is 1. The molecule has 4 nitrogen and oxygen atoms in total. The summed E-state index contributed by atoms with van der Waals surface area (Å²) in [5, 5.41) is 0. The number of carbonyl (C=O) groups is 1. The molecule has 1 N–H and O–H groups in total. The molecule has 1 aromatic heterocycles. The number of unbranched alkanes of at least 4 members (excludes halogenated alkanes) is 2. The molecule has 4 heteroatoms. The zero-order valence-corrected chi connectivity index (χ0v) is 11.8. The fourth-order valence-electron chi connectivity index (χ4n) is 2.11. The first-order valence-corrected chi connectivity index (χ1v) is 6.95. The van der Waals surface area contributed by atoms with E-state index in [2.05, 4.69) is 9.97 Å². The molecule has 0 atom stereocenters. The topological polar surface area (TPSA) is 55.0 Å². The van der Waals surface area contributed by atoms with Gasteiger partial charge in [-0.25, -0.2) is 4.98 Å². The summed E-state index contributed by atoms with van der Waals surface area (Å²) in [6.07, 6.45) is 8.18. The van der Waals surface area contributed by atoms with Crippen LogP contribution in [0.2, 0.25) is 0 Å². The van der Waals surface area contributed by atoms with Crippen LogP contribution < -0.4 is 4.74 Å². The number of aromatic nitrogens is 2. The van der Waals surface area contributed by atoms with Gasteiger partial charge in [0.15, 0.2) is 5.78 Å². The number of rotatable bonds is 8. The van der Waals surface area contributed by atoms with Crippen molar-refractivity contribution in [1.82, 2.24) is 9.97 Å². The summed E-state index contributed by atoms with van der Waals surface area (Å²) in [5.74, 6) is 2.00. The maximum atomic E-state index is 12.0. The zero-order chi connectivity index (χ0) is 14.2. The highest BCUT2D eigenvalue weighted by Crippen LogP contribution is 2.14. The standard InChI is InChI=1S/C16H20N2O2/c1-20-14-9-7-13(8-10-14)15(19)5-3-2-4-6-16-17-11-12-18-16/h7-12H,2-6H2,1H3,(H,17,18). The van der Waals surface area contributed by atoms with E-state index in [1.165, 1.54) is 0 Å². The smallest absolute Gasteiger partial charge is 0.162 e. The van der Waals surface area contributed by atoms with Crippen LogP contribution in [0.1, 0.15) is 41.9 Å². The Hall–Kier alpha value is -2.10. The maximum Gasteiger partial charge on any atom is 0.162 e. The molecule has 0 aliphatic heterocycles. The fourth-order valence-corrected chi connectivity index (χ4v) is 2.11. The number of nitrogens with one attached hydrogen (secondary N) is 1. The van der Waals surface area contributed by atoms with E-state index < -0.39 is 0 Å². The van der Waals surface area contributed by atoms with Crippen LogP contribution in [0.4, 0.5) is 0 Å².